The summed E-state index contributed by atoms with van der Waals surface area (Å²) in [5.41, 5.74) is 1.70. The first-order valence-electron chi connectivity index (χ1n) is 7.61. The van der Waals surface area contributed by atoms with E-state index in [1.54, 1.807) is 6.92 Å². The van der Waals surface area contributed by atoms with Crippen molar-refractivity contribution in [3.8, 4) is 0 Å². The van der Waals surface area contributed by atoms with E-state index < -0.39 is 6.10 Å². The predicted molar refractivity (Wildman–Crippen MR) is 78.5 cm³/mol. The molecule has 0 aliphatic carbocycles. The van der Waals surface area contributed by atoms with Gasteiger partial charge in [-0.2, -0.15) is 0 Å². The third-order valence-electron chi connectivity index (χ3n) is 4.58. The zero-order valence-electron chi connectivity index (χ0n) is 12.1. The summed E-state index contributed by atoms with van der Waals surface area (Å²) in [4.78, 5) is 4.91. The fourth-order valence-electron chi connectivity index (χ4n) is 3.57. The lowest BCUT2D eigenvalue weighted by molar-refractivity contribution is 0.199. The highest BCUT2D eigenvalue weighted by Crippen LogP contribution is 2.30. The van der Waals surface area contributed by atoms with Crippen LogP contribution in [-0.2, 0) is 0 Å². The van der Waals surface area contributed by atoms with Crippen LogP contribution in [0.25, 0.3) is 0 Å². The molecule has 0 aromatic heterocycles. The maximum Gasteiger partial charge on any atom is 0.123 e. The molecule has 2 aliphatic rings. The van der Waals surface area contributed by atoms with E-state index in [2.05, 4.69) is 9.80 Å². The molecular formula is C16H23FN2O. The maximum absolute atomic E-state index is 13.4. The molecule has 1 aromatic rings. The predicted octanol–water partition coefficient (Wildman–Crippen LogP) is 2.55. The van der Waals surface area contributed by atoms with Crippen LogP contribution < -0.4 is 4.90 Å². The summed E-state index contributed by atoms with van der Waals surface area (Å²) in [6, 6.07) is 5.40. The van der Waals surface area contributed by atoms with Crippen molar-refractivity contribution in [3.63, 3.8) is 0 Å². The van der Waals surface area contributed by atoms with Crippen molar-refractivity contribution in [2.24, 2.45) is 0 Å². The summed E-state index contributed by atoms with van der Waals surface area (Å²) in [5.74, 6) is -0.276. The van der Waals surface area contributed by atoms with Crippen LogP contribution in [0.2, 0.25) is 0 Å². The SMILES string of the molecule is C[C@H](O)c1cc(F)ccc1N1CCCN2CCCC2C1. The molecule has 1 unspecified atom stereocenters. The molecule has 2 heterocycles. The number of nitrogens with zero attached hydrogens (tertiary/aromatic N) is 2. The van der Waals surface area contributed by atoms with E-state index in [1.165, 1.54) is 31.5 Å². The van der Waals surface area contributed by atoms with Gasteiger partial charge < -0.3 is 10.0 Å². The van der Waals surface area contributed by atoms with Gasteiger partial charge in [0.05, 0.1) is 6.10 Å². The minimum atomic E-state index is -0.636. The normalized spacial score (nSPS) is 25.4. The number of hydrogen-bond acceptors (Lipinski definition) is 3. The first kappa shape index (κ1) is 13.8. The fourth-order valence-corrected chi connectivity index (χ4v) is 3.57. The summed E-state index contributed by atoms with van der Waals surface area (Å²) < 4.78 is 13.4. The molecule has 0 saturated carbocycles. The molecule has 2 fully saturated rings. The summed E-state index contributed by atoms with van der Waals surface area (Å²) in [5, 5.41) is 9.91. The number of hydrogen-bond donors (Lipinski definition) is 1. The summed E-state index contributed by atoms with van der Waals surface area (Å²) in [6.07, 6.45) is 3.03. The lowest BCUT2D eigenvalue weighted by Crippen LogP contribution is -2.37. The number of anilines is 1. The third kappa shape index (κ3) is 2.67. The average Bonchev–Trinajstić information content (AvgIpc) is 2.76. The van der Waals surface area contributed by atoms with E-state index in [1.807, 2.05) is 6.07 Å². The second kappa shape index (κ2) is 5.70. The number of aliphatic hydroxyl groups excluding tert-OH is 1. The van der Waals surface area contributed by atoms with E-state index in [4.69, 9.17) is 0 Å². The molecule has 3 rings (SSSR count). The van der Waals surface area contributed by atoms with Crippen molar-refractivity contribution in [3.05, 3.63) is 29.6 Å². The van der Waals surface area contributed by atoms with Crippen LogP contribution in [0.1, 0.15) is 37.9 Å². The number of aliphatic hydroxyl groups is 1. The highest BCUT2D eigenvalue weighted by atomic mass is 19.1. The zero-order chi connectivity index (χ0) is 14.1. The van der Waals surface area contributed by atoms with Crippen molar-refractivity contribution >= 4 is 5.69 Å². The van der Waals surface area contributed by atoms with Crippen molar-refractivity contribution in [1.82, 2.24) is 4.90 Å². The molecule has 2 atom stereocenters. The largest absolute Gasteiger partial charge is 0.389 e. The smallest absolute Gasteiger partial charge is 0.123 e. The average molecular weight is 278 g/mol. The molecule has 110 valence electrons. The molecule has 20 heavy (non-hydrogen) atoms. The molecule has 2 aliphatic heterocycles. The maximum atomic E-state index is 13.4. The van der Waals surface area contributed by atoms with Gasteiger partial charge in [0, 0.05) is 36.9 Å². The number of rotatable bonds is 2. The second-order valence-electron chi connectivity index (χ2n) is 6.01. The number of fused-ring (bicyclic) bond motifs is 1. The van der Waals surface area contributed by atoms with Gasteiger partial charge >= 0.3 is 0 Å². The Bertz CT molecular complexity index is 478. The van der Waals surface area contributed by atoms with Gasteiger partial charge in [0.25, 0.3) is 0 Å². The summed E-state index contributed by atoms with van der Waals surface area (Å²) >= 11 is 0. The van der Waals surface area contributed by atoms with Crippen LogP contribution in [0.5, 0.6) is 0 Å². The Kier molecular flexibility index (Phi) is 3.94. The van der Waals surface area contributed by atoms with Crippen molar-refractivity contribution < 1.29 is 9.50 Å². The quantitative estimate of drug-likeness (QED) is 0.900. The molecule has 1 aromatic carbocycles. The molecular weight excluding hydrogens is 255 g/mol. The highest BCUT2D eigenvalue weighted by molar-refractivity contribution is 5.55. The Labute approximate surface area is 120 Å². The van der Waals surface area contributed by atoms with Crippen LogP contribution in [0.15, 0.2) is 18.2 Å². The molecule has 1 N–H and O–H groups in total. The van der Waals surface area contributed by atoms with E-state index in [0.717, 1.165) is 31.7 Å². The van der Waals surface area contributed by atoms with Gasteiger partial charge in [-0.1, -0.05) is 0 Å². The molecule has 3 nitrogen and oxygen atoms in total. The molecule has 0 bridgehead atoms. The first-order chi connectivity index (χ1) is 9.65. The van der Waals surface area contributed by atoms with E-state index >= 15 is 0 Å². The van der Waals surface area contributed by atoms with Crippen LogP contribution in [0, 0.1) is 5.82 Å². The Balaban J connectivity index is 1.87. The van der Waals surface area contributed by atoms with Crippen LogP contribution in [0.4, 0.5) is 10.1 Å². The van der Waals surface area contributed by atoms with Gasteiger partial charge in [-0.3, -0.25) is 4.90 Å². The number of halogens is 1. The minimum Gasteiger partial charge on any atom is -0.389 e. The van der Waals surface area contributed by atoms with Crippen LogP contribution in [0.3, 0.4) is 0 Å². The fraction of sp³-hybridized carbons (Fsp3) is 0.625. The Hall–Kier alpha value is -1.13. The van der Waals surface area contributed by atoms with E-state index in [9.17, 15) is 9.50 Å². The van der Waals surface area contributed by atoms with Crippen LogP contribution in [-0.4, -0.2) is 42.2 Å². The van der Waals surface area contributed by atoms with Gasteiger partial charge in [0.2, 0.25) is 0 Å². The van der Waals surface area contributed by atoms with E-state index in [0.29, 0.717) is 11.6 Å². The van der Waals surface area contributed by atoms with Crippen LogP contribution >= 0.6 is 0 Å². The summed E-state index contributed by atoms with van der Waals surface area (Å²) in [6.45, 7) is 6.05. The molecule has 2 saturated heterocycles. The lowest BCUT2D eigenvalue weighted by Gasteiger charge is -2.29. The summed E-state index contributed by atoms with van der Waals surface area (Å²) in [7, 11) is 0. The zero-order valence-corrected chi connectivity index (χ0v) is 12.1. The standard InChI is InChI=1S/C16H23FN2O/c1-12(20)15-10-13(17)5-6-16(15)19-9-3-8-18-7-2-4-14(18)11-19/h5-6,10,12,14,20H,2-4,7-9,11H2,1H3/t12-,14?/m0/s1. The van der Waals surface area contributed by atoms with Gasteiger partial charge in [-0.25, -0.2) is 4.39 Å². The third-order valence-corrected chi connectivity index (χ3v) is 4.58. The molecule has 0 amide bonds. The molecule has 0 radical (unpaired) electrons. The monoisotopic (exact) mass is 278 g/mol. The Morgan fingerprint density at radius 3 is 2.85 bits per heavy atom. The van der Waals surface area contributed by atoms with E-state index in [-0.39, 0.29) is 5.82 Å². The Morgan fingerprint density at radius 1 is 1.25 bits per heavy atom. The van der Waals surface area contributed by atoms with Gasteiger partial charge in [-0.05, 0) is 50.9 Å². The van der Waals surface area contributed by atoms with Gasteiger partial charge in [0.15, 0.2) is 0 Å². The highest BCUT2D eigenvalue weighted by Gasteiger charge is 2.29. The van der Waals surface area contributed by atoms with Gasteiger partial charge in [0.1, 0.15) is 5.82 Å². The second-order valence-corrected chi connectivity index (χ2v) is 6.01. The lowest BCUT2D eigenvalue weighted by atomic mass is 10.1. The molecule has 4 heteroatoms. The van der Waals surface area contributed by atoms with Crippen molar-refractivity contribution in [1.29, 1.82) is 0 Å². The molecule has 0 spiro atoms. The minimum absolute atomic E-state index is 0.276. The first-order valence-corrected chi connectivity index (χ1v) is 7.61. The Morgan fingerprint density at radius 2 is 2.05 bits per heavy atom. The van der Waals surface area contributed by atoms with Crippen molar-refractivity contribution in [2.75, 3.05) is 31.1 Å². The topological polar surface area (TPSA) is 26.7 Å². The van der Waals surface area contributed by atoms with Crippen molar-refractivity contribution in [2.45, 2.75) is 38.3 Å². The van der Waals surface area contributed by atoms with Gasteiger partial charge in [-0.15, -0.1) is 0 Å². The number of benzene rings is 1.